The summed E-state index contributed by atoms with van der Waals surface area (Å²) in [6, 6.07) is 1.80. The van der Waals surface area contributed by atoms with E-state index in [1.165, 1.54) is 0 Å². The second-order valence-corrected chi connectivity index (χ2v) is 6.31. The van der Waals surface area contributed by atoms with Crippen LogP contribution in [0, 0.1) is 13.8 Å². The van der Waals surface area contributed by atoms with Gasteiger partial charge in [0.05, 0.1) is 24.4 Å². The number of nitrogens with zero attached hydrogens (tertiary/aromatic N) is 3. The Kier molecular flexibility index (Phi) is 4.62. The van der Waals surface area contributed by atoms with Crippen molar-refractivity contribution in [3.05, 3.63) is 40.8 Å². The van der Waals surface area contributed by atoms with Crippen LogP contribution in [0.25, 0.3) is 0 Å². The maximum atomic E-state index is 12.1. The third-order valence-corrected chi connectivity index (χ3v) is 4.39. The van der Waals surface area contributed by atoms with E-state index in [9.17, 15) is 4.79 Å². The summed E-state index contributed by atoms with van der Waals surface area (Å²) in [6.45, 7) is 6.74. The van der Waals surface area contributed by atoms with Gasteiger partial charge in [-0.3, -0.25) is 4.79 Å². The summed E-state index contributed by atoms with van der Waals surface area (Å²) < 4.78 is 10.9. The number of nitrogens with one attached hydrogen (secondary N) is 1. The Labute approximate surface area is 140 Å². The molecule has 1 N–H and O–H groups in total. The van der Waals surface area contributed by atoms with E-state index in [1.54, 1.807) is 12.3 Å². The van der Waals surface area contributed by atoms with Crippen molar-refractivity contribution in [1.82, 2.24) is 20.4 Å². The molecule has 1 amide bonds. The lowest BCUT2D eigenvalue weighted by Gasteiger charge is -2.21. The highest BCUT2D eigenvalue weighted by atomic mass is 16.5. The van der Waals surface area contributed by atoms with Crippen LogP contribution in [0.15, 0.2) is 16.8 Å². The van der Waals surface area contributed by atoms with Gasteiger partial charge in [0.15, 0.2) is 5.82 Å². The van der Waals surface area contributed by atoms with Crippen molar-refractivity contribution in [2.45, 2.75) is 52.2 Å². The van der Waals surface area contributed by atoms with Crippen molar-refractivity contribution < 1.29 is 14.1 Å². The van der Waals surface area contributed by atoms with Gasteiger partial charge in [0.25, 0.3) is 0 Å². The van der Waals surface area contributed by atoms with E-state index < -0.39 is 5.60 Å². The highest BCUT2D eigenvalue weighted by molar-refractivity contribution is 5.78. The molecule has 2 aromatic heterocycles. The van der Waals surface area contributed by atoms with Crippen LogP contribution in [0.5, 0.6) is 0 Å². The van der Waals surface area contributed by atoms with E-state index in [2.05, 4.69) is 20.4 Å². The molecule has 0 spiro atoms. The first kappa shape index (κ1) is 16.6. The van der Waals surface area contributed by atoms with Gasteiger partial charge in [-0.25, -0.2) is 9.97 Å². The molecule has 7 heteroatoms. The lowest BCUT2D eigenvalue weighted by molar-refractivity contribution is -0.120. The van der Waals surface area contributed by atoms with Crippen LogP contribution in [-0.2, 0) is 28.1 Å². The molecular formula is C17H22N4O3. The zero-order chi connectivity index (χ0) is 17.2. The average Bonchev–Trinajstić information content (AvgIpc) is 3.15. The van der Waals surface area contributed by atoms with Gasteiger partial charge in [-0.1, -0.05) is 5.16 Å². The molecule has 7 nitrogen and oxygen atoms in total. The number of ether oxygens (including phenoxy) is 1. The number of hydrogen-bond donors (Lipinski definition) is 1. The maximum Gasteiger partial charge on any atom is 0.224 e. The lowest BCUT2D eigenvalue weighted by atomic mass is 10.0. The Morgan fingerprint density at radius 2 is 2.25 bits per heavy atom. The number of hydrogen-bond acceptors (Lipinski definition) is 6. The summed E-state index contributed by atoms with van der Waals surface area (Å²) in [5.74, 6) is 1.27. The van der Waals surface area contributed by atoms with Crippen LogP contribution < -0.4 is 5.32 Å². The molecule has 1 atom stereocenters. The van der Waals surface area contributed by atoms with Crippen molar-refractivity contribution in [3.63, 3.8) is 0 Å². The first-order chi connectivity index (χ1) is 11.5. The van der Waals surface area contributed by atoms with Crippen molar-refractivity contribution in [2.75, 3.05) is 6.61 Å². The van der Waals surface area contributed by atoms with Gasteiger partial charge in [0.1, 0.15) is 11.4 Å². The number of rotatable bonds is 5. The SMILES string of the molecule is Cc1noc(C)c1CC(=O)NCc1ccnc(C2(C)CCCO2)n1. The highest BCUT2D eigenvalue weighted by Crippen LogP contribution is 2.33. The molecule has 1 unspecified atom stereocenters. The fourth-order valence-corrected chi connectivity index (χ4v) is 2.87. The molecule has 2 aromatic rings. The standard InChI is InChI=1S/C17H22N4O3/c1-11-14(12(2)24-21-11)9-15(22)19-10-13-5-7-18-16(20-13)17(3)6-4-8-23-17/h5,7H,4,6,8-10H2,1-3H3,(H,19,22). The minimum Gasteiger partial charge on any atom is -0.367 e. The van der Waals surface area contributed by atoms with Crippen LogP contribution in [0.1, 0.15) is 48.3 Å². The van der Waals surface area contributed by atoms with Gasteiger partial charge in [-0.05, 0) is 39.7 Å². The number of carbonyl (C=O) groups excluding carboxylic acids is 1. The van der Waals surface area contributed by atoms with Crippen molar-refractivity contribution in [2.24, 2.45) is 0 Å². The molecule has 0 saturated carbocycles. The normalized spacial score (nSPS) is 20.3. The molecule has 1 aliphatic heterocycles. The fourth-order valence-electron chi connectivity index (χ4n) is 2.87. The average molecular weight is 330 g/mol. The zero-order valence-electron chi connectivity index (χ0n) is 14.3. The number of aryl methyl sites for hydroxylation is 2. The number of amides is 1. The second-order valence-electron chi connectivity index (χ2n) is 6.31. The predicted octanol–water partition coefficient (Wildman–Crippen LogP) is 1.97. The topological polar surface area (TPSA) is 90.1 Å². The molecule has 1 aliphatic rings. The van der Waals surface area contributed by atoms with Gasteiger partial charge in [0, 0.05) is 18.4 Å². The third kappa shape index (κ3) is 3.46. The van der Waals surface area contributed by atoms with Crippen molar-refractivity contribution in [3.8, 4) is 0 Å². The largest absolute Gasteiger partial charge is 0.367 e. The molecule has 3 heterocycles. The molecule has 0 radical (unpaired) electrons. The Morgan fingerprint density at radius 1 is 1.42 bits per heavy atom. The first-order valence-corrected chi connectivity index (χ1v) is 8.13. The quantitative estimate of drug-likeness (QED) is 0.901. The second kappa shape index (κ2) is 6.68. The van der Waals surface area contributed by atoms with Gasteiger partial charge in [-0.2, -0.15) is 0 Å². The monoisotopic (exact) mass is 330 g/mol. The Balaban J connectivity index is 1.61. The van der Waals surface area contributed by atoms with Crippen LogP contribution in [-0.4, -0.2) is 27.6 Å². The summed E-state index contributed by atoms with van der Waals surface area (Å²) in [6.07, 6.45) is 3.89. The van der Waals surface area contributed by atoms with Gasteiger partial charge >= 0.3 is 0 Å². The van der Waals surface area contributed by atoms with Crippen LogP contribution in [0.4, 0.5) is 0 Å². The van der Waals surface area contributed by atoms with E-state index in [4.69, 9.17) is 9.26 Å². The smallest absolute Gasteiger partial charge is 0.224 e. The van der Waals surface area contributed by atoms with Crippen molar-refractivity contribution in [1.29, 1.82) is 0 Å². The first-order valence-electron chi connectivity index (χ1n) is 8.13. The summed E-state index contributed by atoms with van der Waals surface area (Å²) in [4.78, 5) is 21.0. The highest BCUT2D eigenvalue weighted by Gasteiger charge is 2.34. The Bertz CT molecular complexity index is 716. The van der Waals surface area contributed by atoms with E-state index in [0.29, 0.717) is 18.1 Å². The Hall–Kier alpha value is -2.28. The third-order valence-electron chi connectivity index (χ3n) is 4.39. The number of aromatic nitrogens is 3. The van der Waals surface area contributed by atoms with Gasteiger partial charge < -0.3 is 14.6 Å². The van der Waals surface area contributed by atoms with Gasteiger partial charge in [0.2, 0.25) is 5.91 Å². The van der Waals surface area contributed by atoms with Gasteiger partial charge in [-0.15, -0.1) is 0 Å². The molecule has 3 rings (SSSR count). The maximum absolute atomic E-state index is 12.1. The fraction of sp³-hybridized carbons (Fsp3) is 0.529. The van der Waals surface area contributed by atoms with Crippen molar-refractivity contribution >= 4 is 5.91 Å². The summed E-state index contributed by atoms with van der Waals surface area (Å²) >= 11 is 0. The predicted molar refractivity (Wildman–Crippen MR) is 86.1 cm³/mol. The molecule has 1 fully saturated rings. The van der Waals surface area contributed by atoms with E-state index in [-0.39, 0.29) is 12.3 Å². The molecular weight excluding hydrogens is 308 g/mol. The zero-order valence-corrected chi connectivity index (χ0v) is 14.3. The van der Waals surface area contributed by atoms with E-state index >= 15 is 0 Å². The minimum atomic E-state index is -0.420. The molecule has 0 aliphatic carbocycles. The van der Waals surface area contributed by atoms with E-state index in [1.807, 2.05) is 20.8 Å². The minimum absolute atomic E-state index is 0.0899. The summed E-state index contributed by atoms with van der Waals surface area (Å²) in [7, 11) is 0. The van der Waals surface area contributed by atoms with Crippen LogP contribution in [0.2, 0.25) is 0 Å². The van der Waals surface area contributed by atoms with Crippen LogP contribution in [0.3, 0.4) is 0 Å². The lowest BCUT2D eigenvalue weighted by Crippen LogP contribution is -2.27. The summed E-state index contributed by atoms with van der Waals surface area (Å²) in [5.41, 5.74) is 1.93. The molecule has 128 valence electrons. The molecule has 24 heavy (non-hydrogen) atoms. The van der Waals surface area contributed by atoms with E-state index in [0.717, 1.165) is 36.4 Å². The number of carbonyl (C=O) groups is 1. The molecule has 1 saturated heterocycles. The van der Waals surface area contributed by atoms with Crippen LogP contribution >= 0.6 is 0 Å². The Morgan fingerprint density at radius 3 is 2.92 bits per heavy atom. The molecule has 0 aromatic carbocycles. The molecule has 0 bridgehead atoms. The summed E-state index contributed by atoms with van der Waals surface area (Å²) in [5, 5.41) is 6.74.